The van der Waals surface area contributed by atoms with Gasteiger partial charge in [0.05, 0.1) is 12.7 Å². The smallest absolute Gasteiger partial charge is 0.339 e. The summed E-state index contributed by atoms with van der Waals surface area (Å²) >= 11 is 3.17. The van der Waals surface area contributed by atoms with Crippen LogP contribution in [-0.2, 0) is 4.74 Å². The molecule has 1 rings (SSSR count). The summed E-state index contributed by atoms with van der Waals surface area (Å²) in [4.78, 5) is 11.1. The first-order valence-corrected chi connectivity index (χ1v) is 4.31. The molecule has 0 heterocycles. The van der Waals surface area contributed by atoms with Crippen molar-refractivity contribution in [1.82, 2.24) is 0 Å². The lowest BCUT2D eigenvalue weighted by Gasteiger charge is -2.05. The summed E-state index contributed by atoms with van der Waals surface area (Å²) in [5, 5.41) is 10.4. The van der Waals surface area contributed by atoms with Crippen LogP contribution in [0.5, 0.6) is 0 Å². The minimum absolute atomic E-state index is 0.410. The number of carbonyl (C=O) groups is 1. The number of hydrogen-bond acceptors (Lipinski definition) is 3. The summed E-state index contributed by atoms with van der Waals surface area (Å²) < 4.78 is 5.09. The summed E-state index contributed by atoms with van der Waals surface area (Å²) in [6.07, 6.45) is 0. The summed E-state index contributed by atoms with van der Waals surface area (Å²) in [6.45, 7) is 0. The first-order chi connectivity index (χ1) is 6.19. The molecule has 0 amide bonds. The minimum Gasteiger partial charge on any atom is -0.630 e. The summed E-state index contributed by atoms with van der Waals surface area (Å²) in [5.74, 6) is -0.427. The highest BCUT2D eigenvalue weighted by Crippen LogP contribution is 2.19. The Bertz CT molecular complexity index is 327. The quantitative estimate of drug-likeness (QED) is 0.479. The zero-order valence-corrected chi connectivity index (χ0v) is 8.50. The second-order valence-corrected chi connectivity index (χ2v) is 3.20. The average Bonchev–Trinajstić information content (AvgIpc) is 2.16. The molecule has 0 bridgehead atoms. The maximum absolute atomic E-state index is 11.1. The second-order valence-electron chi connectivity index (χ2n) is 2.35. The van der Waals surface area contributed by atoms with Crippen LogP contribution in [0.15, 0.2) is 22.7 Å². The van der Waals surface area contributed by atoms with Crippen LogP contribution in [0.2, 0.25) is 0 Å². The summed E-state index contributed by atoms with van der Waals surface area (Å²) in [5.41, 5.74) is 1.64. The van der Waals surface area contributed by atoms with Gasteiger partial charge >= 0.3 is 5.97 Å². The normalized spacial score (nSPS) is 9.77. The van der Waals surface area contributed by atoms with Crippen molar-refractivity contribution in [2.45, 2.75) is 0 Å². The van der Waals surface area contributed by atoms with E-state index in [-0.39, 0.29) is 0 Å². The van der Waals surface area contributed by atoms with Crippen LogP contribution >= 0.6 is 15.9 Å². The van der Waals surface area contributed by atoms with Gasteiger partial charge in [-0.05, 0) is 22.0 Å². The van der Waals surface area contributed by atoms with Gasteiger partial charge in [0.2, 0.25) is 0 Å². The molecule has 1 aromatic rings. The molecule has 70 valence electrons. The first kappa shape index (κ1) is 10.2. The zero-order chi connectivity index (χ0) is 9.84. The third-order valence-electron chi connectivity index (χ3n) is 1.53. The van der Waals surface area contributed by atoms with Crippen LogP contribution in [0.25, 0.3) is 0 Å². The van der Waals surface area contributed by atoms with Crippen LogP contribution in [-0.4, -0.2) is 13.1 Å². The van der Waals surface area contributed by atoms with E-state index in [0.717, 1.165) is 0 Å². The van der Waals surface area contributed by atoms with Gasteiger partial charge in [0.15, 0.2) is 0 Å². The predicted octanol–water partition coefficient (Wildman–Crippen LogP) is 0.928. The Labute approximate surface area is 83.6 Å². The molecule has 5 heteroatoms. The van der Waals surface area contributed by atoms with E-state index in [4.69, 9.17) is 0 Å². The van der Waals surface area contributed by atoms with Crippen LogP contribution in [0.3, 0.4) is 0 Å². The molecule has 0 radical (unpaired) electrons. The summed E-state index contributed by atoms with van der Waals surface area (Å²) in [6, 6.07) is 4.67. The van der Waals surface area contributed by atoms with Crippen LogP contribution < -0.4 is 5.48 Å². The lowest BCUT2D eigenvalue weighted by molar-refractivity contribution is -0.497. The largest absolute Gasteiger partial charge is 0.630 e. The molecule has 0 aliphatic rings. The molecule has 0 saturated carbocycles. The van der Waals surface area contributed by atoms with Crippen molar-refractivity contribution in [3.05, 3.63) is 33.4 Å². The standard InChI is InChI=1S/C8H8BrNO3/c1-13-8(11)6-3-2-5(10-12)4-7(6)9/h2-4H,10H2,1H3. The average molecular weight is 246 g/mol. The van der Waals surface area contributed by atoms with Gasteiger partial charge in [-0.3, -0.25) is 0 Å². The second kappa shape index (κ2) is 4.36. The monoisotopic (exact) mass is 245 g/mol. The fraction of sp³-hybridized carbons (Fsp3) is 0.125. The topological polar surface area (TPSA) is 66.0 Å². The van der Waals surface area contributed by atoms with Gasteiger partial charge in [-0.25, -0.2) is 4.79 Å². The van der Waals surface area contributed by atoms with Gasteiger partial charge in [-0.1, -0.05) is 0 Å². The van der Waals surface area contributed by atoms with Crippen LogP contribution in [0, 0.1) is 5.21 Å². The zero-order valence-electron chi connectivity index (χ0n) is 6.91. The number of halogens is 1. The van der Waals surface area contributed by atoms with E-state index in [1.807, 2.05) is 0 Å². The van der Waals surface area contributed by atoms with Crippen molar-refractivity contribution in [3.63, 3.8) is 0 Å². The van der Waals surface area contributed by atoms with Gasteiger partial charge in [-0.15, -0.1) is 0 Å². The number of rotatable bonds is 2. The molecule has 1 aromatic carbocycles. The van der Waals surface area contributed by atoms with E-state index in [9.17, 15) is 10.0 Å². The van der Waals surface area contributed by atoms with Crippen molar-refractivity contribution in [2.24, 2.45) is 0 Å². The Kier molecular flexibility index (Phi) is 3.41. The van der Waals surface area contributed by atoms with Crippen molar-refractivity contribution < 1.29 is 15.0 Å². The Balaban J connectivity index is 3.05. The molecule has 0 aliphatic heterocycles. The lowest BCUT2D eigenvalue weighted by atomic mass is 10.2. The van der Waals surface area contributed by atoms with Crippen molar-refractivity contribution in [2.75, 3.05) is 7.11 Å². The van der Waals surface area contributed by atoms with Gasteiger partial charge in [-0.2, -0.15) is 0 Å². The van der Waals surface area contributed by atoms with Gasteiger partial charge in [0.25, 0.3) is 0 Å². The highest BCUT2D eigenvalue weighted by Gasteiger charge is 2.10. The fourth-order valence-electron chi connectivity index (χ4n) is 0.880. The number of quaternary nitrogens is 1. The van der Waals surface area contributed by atoms with Crippen molar-refractivity contribution in [3.8, 4) is 0 Å². The molecular weight excluding hydrogens is 238 g/mol. The molecule has 0 aromatic heterocycles. The number of methoxy groups -OCH3 is 1. The maximum Gasteiger partial charge on any atom is 0.339 e. The molecule has 0 spiro atoms. The molecule has 0 fully saturated rings. The van der Waals surface area contributed by atoms with Gasteiger partial charge in [0.1, 0.15) is 5.69 Å². The van der Waals surface area contributed by atoms with E-state index in [0.29, 0.717) is 21.2 Å². The Morgan fingerprint density at radius 2 is 2.31 bits per heavy atom. The third-order valence-corrected chi connectivity index (χ3v) is 2.19. The van der Waals surface area contributed by atoms with Crippen molar-refractivity contribution in [1.29, 1.82) is 0 Å². The maximum atomic E-state index is 11.1. The SMILES string of the molecule is COC(=O)c1ccc([NH2+][O-])cc1Br. The lowest BCUT2D eigenvalue weighted by Crippen LogP contribution is -2.70. The van der Waals surface area contributed by atoms with Crippen LogP contribution in [0.1, 0.15) is 10.4 Å². The molecule has 2 N–H and O–H groups in total. The van der Waals surface area contributed by atoms with E-state index < -0.39 is 5.97 Å². The van der Waals surface area contributed by atoms with E-state index in [1.54, 1.807) is 18.2 Å². The molecule has 0 aliphatic carbocycles. The number of nitrogens with two attached hydrogens (primary N) is 1. The first-order valence-electron chi connectivity index (χ1n) is 3.52. The number of carbonyl (C=O) groups excluding carboxylic acids is 1. The van der Waals surface area contributed by atoms with E-state index in [1.165, 1.54) is 7.11 Å². The highest BCUT2D eigenvalue weighted by atomic mass is 79.9. The summed E-state index contributed by atoms with van der Waals surface area (Å²) in [7, 11) is 1.31. The molecule has 4 nitrogen and oxygen atoms in total. The Morgan fingerprint density at radius 3 is 2.77 bits per heavy atom. The Morgan fingerprint density at radius 1 is 1.62 bits per heavy atom. The van der Waals surface area contributed by atoms with Crippen LogP contribution in [0.4, 0.5) is 5.69 Å². The van der Waals surface area contributed by atoms with E-state index >= 15 is 0 Å². The molecule has 0 atom stereocenters. The number of esters is 1. The van der Waals surface area contributed by atoms with E-state index in [2.05, 4.69) is 20.7 Å². The van der Waals surface area contributed by atoms with Gasteiger partial charge in [0, 0.05) is 16.6 Å². The Hall–Kier alpha value is -0.910. The van der Waals surface area contributed by atoms with Crippen molar-refractivity contribution >= 4 is 27.6 Å². The highest BCUT2D eigenvalue weighted by molar-refractivity contribution is 9.10. The minimum atomic E-state index is -0.427. The number of ether oxygens (including phenoxy) is 1. The third kappa shape index (κ3) is 2.27. The number of benzene rings is 1. The molecular formula is C8H8BrNO3. The predicted molar refractivity (Wildman–Crippen MR) is 50.4 cm³/mol. The fourth-order valence-corrected chi connectivity index (χ4v) is 1.44. The molecule has 13 heavy (non-hydrogen) atoms. The number of hydrogen-bond donors (Lipinski definition) is 1. The molecule has 0 saturated heterocycles. The van der Waals surface area contributed by atoms with Gasteiger partial charge < -0.3 is 15.4 Å². The molecule has 0 unspecified atom stereocenters.